The molecule has 3 aromatic rings. The van der Waals surface area contributed by atoms with Crippen molar-refractivity contribution >= 4 is 21.6 Å². The summed E-state index contributed by atoms with van der Waals surface area (Å²) in [6.07, 6.45) is -3.28. The van der Waals surface area contributed by atoms with Crippen LogP contribution in [0.2, 0.25) is 5.02 Å². The normalized spacial score (nSPS) is 18.3. The van der Waals surface area contributed by atoms with E-state index in [1.165, 1.54) is 40.7 Å². The lowest BCUT2D eigenvalue weighted by atomic mass is 10.00. The van der Waals surface area contributed by atoms with Gasteiger partial charge in [0.25, 0.3) is 0 Å². The highest BCUT2D eigenvalue weighted by Crippen LogP contribution is 2.33. The molecule has 4 rings (SSSR count). The van der Waals surface area contributed by atoms with E-state index in [0.717, 1.165) is 12.1 Å². The molecule has 0 bridgehead atoms. The van der Waals surface area contributed by atoms with Crippen molar-refractivity contribution in [2.24, 2.45) is 0 Å². The van der Waals surface area contributed by atoms with E-state index in [4.69, 9.17) is 16.1 Å². The third-order valence-corrected chi connectivity index (χ3v) is 7.21. The average molecular weight is 472 g/mol. The van der Waals surface area contributed by atoms with Crippen LogP contribution in [0.1, 0.15) is 30.2 Å². The highest BCUT2D eigenvalue weighted by Gasteiger charge is 2.34. The van der Waals surface area contributed by atoms with E-state index in [1.807, 2.05) is 0 Å². The molecule has 1 aromatic heterocycles. The van der Waals surface area contributed by atoms with Crippen molar-refractivity contribution < 1.29 is 26.1 Å². The molecule has 0 unspecified atom stereocenters. The Morgan fingerprint density at radius 3 is 2.58 bits per heavy atom. The fraction of sp³-hybridized carbons (Fsp3) is 0.300. The molecule has 1 saturated heterocycles. The van der Waals surface area contributed by atoms with Crippen molar-refractivity contribution in [1.29, 1.82) is 0 Å². The predicted molar refractivity (Wildman–Crippen MR) is 107 cm³/mol. The van der Waals surface area contributed by atoms with Crippen LogP contribution in [0.15, 0.2) is 57.9 Å². The summed E-state index contributed by atoms with van der Waals surface area (Å²) in [6.45, 7) is 0.477. The number of aromatic nitrogens is 2. The van der Waals surface area contributed by atoms with Gasteiger partial charge in [0.2, 0.25) is 21.7 Å². The zero-order valence-corrected chi connectivity index (χ0v) is 17.6. The Kier molecular flexibility index (Phi) is 5.80. The van der Waals surface area contributed by atoms with Gasteiger partial charge >= 0.3 is 6.18 Å². The topological polar surface area (TPSA) is 76.3 Å². The van der Waals surface area contributed by atoms with Crippen LogP contribution in [0.3, 0.4) is 0 Å². The Bertz CT molecular complexity index is 1180. The Labute approximate surface area is 181 Å². The van der Waals surface area contributed by atoms with Crippen LogP contribution in [0.4, 0.5) is 13.2 Å². The molecule has 2 heterocycles. The van der Waals surface area contributed by atoms with E-state index in [1.54, 1.807) is 0 Å². The van der Waals surface area contributed by atoms with Crippen LogP contribution in [-0.4, -0.2) is 36.0 Å². The van der Waals surface area contributed by atoms with E-state index >= 15 is 0 Å². The van der Waals surface area contributed by atoms with Gasteiger partial charge in [-0.2, -0.15) is 22.5 Å². The summed E-state index contributed by atoms with van der Waals surface area (Å²) in [4.78, 5) is 4.38. The SMILES string of the molecule is O=S(=O)(c1ccc(Cl)cc1)N1CCC[C@@H](c2nc(-c3cccc(C(F)(F)F)c3)no2)C1. The number of sulfonamides is 1. The third kappa shape index (κ3) is 4.60. The molecule has 0 spiro atoms. The van der Waals surface area contributed by atoms with Gasteiger partial charge in [0.05, 0.1) is 16.4 Å². The average Bonchev–Trinajstić information content (AvgIpc) is 3.24. The first kappa shape index (κ1) is 21.8. The Morgan fingerprint density at radius 2 is 1.87 bits per heavy atom. The predicted octanol–water partition coefficient (Wildman–Crippen LogP) is 4.98. The molecule has 1 aliphatic rings. The minimum Gasteiger partial charge on any atom is -0.339 e. The molecule has 164 valence electrons. The molecule has 1 atom stereocenters. The van der Waals surface area contributed by atoms with E-state index in [-0.39, 0.29) is 34.6 Å². The van der Waals surface area contributed by atoms with Gasteiger partial charge in [-0.1, -0.05) is 28.9 Å². The molecule has 0 amide bonds. The highest BCUT2D eigenvalue weighted by molar-refractivity contribution is 7.89. The highest BCUT2D eigenvalue weighted by atomic mass is 35.5. The van der Waals surface area contributed by atoms with Crippen molar-refractivity contribution in [2.45, 2.75) is 29.8 Å². The van der Waals surface area contributed by atoms with Crippen LogP contribution in [-0.2, 0) is 16.2 Å². The number of alkyl halides is 3. The number of halogens is 4. The smallest absolute Gasteiger partial charge is 0.339 e. The van der Waals surface area contributed by atoms with E-state index in [0.29, 0.717) is 24.4 Å². The van der Waals surface area contributed by atoms with Crippen LogP contribution in [0, 0.1) is 0 Å². The molecule has 31 heavy (non-hydrogen) atoms. The lowest BCUT2D eigenvalue weighted by molar-refractivity contribution is -0.137. The number of benzene rings is 2. The van der Waals surface area contributed by atoms with E-state index < -0.39 is 21.8 Å². The van der Waals surface area contributed by atoms with Gasteiger partial charge in [-0.25, -0.2) is 8.42 Å². The van der Waals surface area contributed by atoms with Gasteiger partial charge in [-0.05, 0) is 49.2 Å². The van der Waals surface area contributed by atoms with Gasteiger partial charge in [-0.3, -0.25) is 0 Å². The molecule has 2 aromatic carbocycles. The number of hydrogen-bond acceptors (Lipinski definition) is 5. The third-order valence-electron chi connectivity index (χ3n) is 5.07. The summed E-state index contributed by atoms with van der Waals surface area (Å²) in [5.74, 6) is -0.134. The fourth-order valence-corrected chi connectivity index (χ4v) is 5.12. The van der Waals surface area contributed by atoms with Crippen molar-refractivity contribution in [3.8, 4) is 11.4 Å². The van der Waals surface area contributed by atoms with Gasteiger partial charge in [0.1, 0.15) is 0 Å². The minimum atomic E-state index is -4.48. The van der Waals surface area contributed by atoms with E-state index in [2.05, 4.69) is 10.1 Å². The largest absolute Gasteiger partial charge is 0.416 e. The summed E-state index contributed by atoms with van der Waals surface area (Å²) >= 11 is 5.84. The summed E-state index contributed by atoms with van der Waals surface area (Å²) in [7, 11) is -3.73. The second kappa shape index (κ2) is 8.25. The minimum absolute atomic E-state index is 0.0266. The lowest BCUT2D eigenvalue weighted by Gasteiger charge is -2.30. The zero-order valence-electron chi connectivity index (χ0n) is 16.0. The Hall–Kier alpha value is -2.43. The number of hydrogen-bond donors (Lipinski definition) is 0. The van der Waals surface area contributed by atoms with Crippen molar-refractivity contribution in [2.75, 3.05) is 13.1 Å². The van der Waals surface area contributed by atoms with Crippen LogP contribution in [0.25, 0.3) is 11.4 Å². The zero-order chi connectivity index (χ0) is 22.2. The summed E-state index contributed by atoms with van der Waals surface area (Å²) in [5, 5.41) is 4.24. The van der Waals surface area contributed by atoms with Gasteiger partial charge in [-0.15, -0.1) is 0 Å². The standard InChI is InChI=1S/C20H17ClF3N3O3S/c21-16-6-8-17(9-7-16)31(28,29)27-10-2-4-14(12-27)19-25-18(26-30-19)13-3-1-5-15(11-13)20(22,23)24/h1,3,5-9,11,14H,2,4,10,12H2/t14-/m1/s1. The number of nitrogens with zero attached hydrogens (tertiary/aromatic N) is 3. The maximum Gasteiger partial charge on any atom is 0.416 e. The molecule has 11 heteroatoms. The first-order valence-corrected chi connectivity index (χ1v) is 11.2. The molecular formula is C20H17ClF3N3O3S. The summed E-state index contributed by atoms with van der Waals surface area (Å²) in [5.41, 5.74) is -0.638. The van der Waals surface area contributed by atoms with Crippen molar-refractivity contribution in [3.05, 3.63) is 65.0 Å². The molecule has 0 aliphatic carbocycles. The van der Waals surface area contributed by atoms with Gasteiger partial charge < -0.3 is 4.52 Å². The molecule has 0 N–H and O–H groups in total. The molecular weight excluding hydrogens is 455 g/mol. The van der Waals surface area contributed by atoms with Gasteiger partial charge in [0.15, 0.2) is 0 Å². The number of piperidine rings is 1. The molecule has 0 saturated carbocycles. The van der Waals surface area contributed by atoms with Crippen LogP contribution >= 0.6 is 11.6 Å². The van der Waals surface area contributed by atoms with Gasteiger partial charge in [0, 0.05) is 23.7 Å². The van der Waals surface area contributed by atoms with E-state index in [9.17, 15) is 21.6 Å². The van der Waals surface area contributed by atoms with Crippen molar-refractivity contribution in [3.63, 3.8) is 0 Å². The van der Waals surface area contributed by atoms with Crippen LogP contribution < -0.4 is 0 Å². The maximum absolute atomic E-state index is 13.0. The molecule has 6 nitrogen and oxygen atoms in total. The Balaban J connectivity index is 1.55. The summed E-state index contributed by atoms with van der Waals surface area (Å²) < 4.78 is 71.4. The first-order valence-electron chi connectivity index (χ1n) is 9.41. The first-order chi connectivity index (χ1) is 14.6. The summed E-state index contributed by atoms with van der Waals surface area (Å²) in [6, 6.07) is 10.6. The fourth-order valence-electron chi connectivity index (χ4n) is 3.47. The number of rotatable bonds is 4. The quantitative estimate of drug-likeness (QED) is 0.536. The molecule has 1 fully saturated rings. The Morgan fingerprint density at radius 1 is 1.13 bits per heavy atom. The van der Waals surface area contributed by atoms with Crippen molar-refractivity contribution in [1.82, 2.24) is 14.4 Å². The second-order valence-electron chi connectivity index (χ2n) is 7.19. The monoisotopic (exact) mass is 471 g/mol. The van der Waals surface area contributed by atoms with Crippen LogP contribution in [0.5, 0.6) is 0 Å². The second-order valence-corrected chi connectivity index (χ2v) is 9.57. The maximum atomic E-state index is 13.0. The molecule has 0 radical (unpaired) electrons. The molecule has 1 aliphatic heterocycles. The lowest BCUT2D eigenvalue weighted by Crippen LogP contribution is -2.39.